The number of nitrogens with zero attached hydrogens (tertiary/aromatic N) is 1. The van der Waals surface area contributed by atoms with Gasteiger partial charge in [-0.05, 0) is 40.2 Å². The van der Waals surface area contributed by atoms with E-state index < -0.39 is 10.0 Å². The second-order valence-corrected chi connectivity index (χ2v) is 6.06. The summed E-state index contributed by atoms with van der Waals surface area (Å²) in [5, 5.41) is 0.816. The Bertz CT molecular complexity index is 645. The molecule has 0 aliphatic carbocycles. The van der Waals surface area contributed by atoms with Crippen molar-refractivity contribution in [3.8, 4) is 5.75 Å². The van der Waals surface area contributed by atoms with Crippen LogP contribution >= 0.6 is 15.9 Å². The average Bonchev–Trinajstić information content (AvgIpc) is 2.51. The normalized spacial score (nSPS) is 11.9. The highest BCUT2D eigenvalue weighted by Crippen LogP contribution is 2.28. The molecule has 1 aromatic carbocycles. The molecule has 86 valence electrons. The van der Waals surface area contributed by atoms with Crippen molar-refractivity contribution in [2.45, 2.75) is 0 Å². The number of rotatable bonds is 2. The zero-order valence-corrected chi connectivity index (χ0v) is 11.2. The first-order valence-corrected chi connectivity index (χ1v) is 7.13. The van der Waals surface area contributed by atoms with Gasteiger partial charge >= 0.3 is 0 Å². The molecule has 0 saturated carbocycles. The molecule has 0 N–H and O–H groups in total. The van der Waals surface area contributed by atoms with Gasteiger partial charge in [0, 0.05) is 5.39 Å². The quantitative estimate of drug-likeness (QED) is 0.855. The molecule has 2 aromatic rings. The first kappa shape index (κ1) is 11.5. The lowest BCUT2D eigenvalue weighted by Gasteiger charge is -2.04. The van der Waals surface area contributed by atoms with E-state index in [0.717, 1.165) is 5.39 Å². The number of benzene rings is 1. The zero-order valence-electron chi connectivity index (χ0n) is 8.77. The van der Waals surface area contributed by atoms with Crippen molar-refractivity contribution in [2.75, 3.05) is 13.4 Å². The van der Waals surface area contributed by atoms with E-state index in [4.69, 9.17) is 4.74 Å². The molecular formula is C10H10BrNO3S. The highest BCUT2D eigenvalue weighted by Gasteiger charge is 2.14. The van der Waals surface area contributed by atoms with Crippen LogP contribution in [0.2, 0.25) is 0 Å². The largest absolute Gasteiger partial charge is 0.497 e. The van der Waals surface area contributed by atoms with Crippen molar-refractivity contribution in [3.05, 3.63) is 28.9 Å². The number of hydrogen-bond donors (Lipinski definition) is 0. The van der Waals surface area contributed by atoms with Crippen LogP contribution in [-0.4, -0.2) is 25.8 Å². The van der Waals surface area contributed by atoms with Crippen molar-refractivity contribution in [1.29, 1.82) is 0 Å². The maximum Gasteiger partial charge on any atom is 0.237 e. The minimum atomic E-state index is -3.31. The minimum absolute atomic E-state index is 0.512. The van der Waals surface area contributed by atoms with Crippen LogP contribution in [-0.2, 0) is 10.0 Å². The van der Waals surface area contributed by atoms with E-state index in [1.807, 2.05) is 0 Å². The summed E-state index contributed by atoms with van der Waals surface area (Å²) in [7, 11) is -1.73. The van der Waals surface area contributed by atoms with Gasteiger partial charge < -0.3 is 4.74 Å². The molecule has 0 amide bonds. The SMILES string of the molecule is COc1ccc2c(c1)cc(Br)n2S(C)(=O)=O. The van der Waals surface area contributed by atoms with E-state index in [1.165, 1.54) is 10.2 Å². The topological polar surface area (TPSA) is 48.3 Å². The Balaban J connectivity index is 2.82. The summed E-state index contributed by atoms with van der Waals surface area (Å²) in [5.41, 5.74) is 0.634. The molecule has 1 heterocycles. The van der Waals surface area contributed by atoms with Crippen molar-refractivity contribution in [3.63, 3.8) is 0 Å². The maximum absolute atomic E-state index is 11.6. The molecule has 0 aliphatic rings. The van der Waals surface area contributed by atoms with Gasteiger partial charge in [0.25, 0.3) is 0 Å². The Morgan fingerprint density at radius 2 is 2.00 bits per heavy atom. The van der Waals surface area contributed by atoms with Gasteiger partial charge in [0.05, 0.1) is 18.9 Å². The van der Waals surface area contributed by atoms with Gasteiger partial charge in [0.1, 0.15) is 10.4 Å². The second kappa shape index (κ2) is 3.78. The fraction of sp³-hybridized carbons (Fsp3) is 0.200. The first-order valence-electron chi connectivity index (χ1n) is 4.49. The summed E-state index contributed by atoms with van der Waals surface area (Å²) < 4.78 is 30.0. The molecule has 0 bridgehead atoms. The minimum Gasteiger partial charge on any atom is -0.497 e. The van der Waals surface area contributed by atoms with Crippen molar-refractivity contribution >= 4 is 36.9 Å². The molecule has 0 atom stereocenters. The van der Waals surface area contributed by atoms with Crippen LogP contribution in [0.3, 0.4) is 0 Å². The third kappa shape index (κ3) is 1.82. The van der Waals surface area contributed by atoms with Gasteiger partial charge in [0.2, 0.25) is 10.0 Å². The predicted molar refractivity (Wildman–Crippen MR) is 66.4 cm³/mol. The van der Waals surface area contributed by atoms with Crippen LogP contribution in [0.15, 0.2) is 28.9 Å². The van der Waals surface area contributed by atoms with Crippen molar-refractivity contribution in [1.82, 2.24) is 3.97 Å². The Hall–Kier alpha value is -1.01. The fourth-order valence-electron chi connectivity index (χ4n) is 1.60. The molecule has 16 heavy (non-hydrogen) atoms. The number of methoxy groups -OCH3 is 1. The summed E-state index contributed by atoms with van der Waals surface area (Å²) in [6.45, 7) is 0. The Morgan fingerprint density at radius 3 is 2.56 bits per heavy atom. The standard InChI is InChI=1S/C10H10BrNO3S/c1-15-8-3-4-9-7(5-8)6-10(11)12(9)16(2,13)14/h3-6H,1-2H3. The lowest BCUT2D eigenvalue weighted by Crippen LogP contribution is -2.09. The van der Waals surface area contributed by atoms with Crippen LogP contribution in [0.5, 0.6) is 5.75 Å². The van der Waals surface area contributed by atoms with Crippen molar-refractivity contribution in [2.24, 2.45) is 0 Å². The number of ether oxygens (including phenoxy) is 1. The smallest absolute Gasteiger partial charge is 0.237 e. The molecule has 0 radical (unpaired) electrons. The first-order chi connectivity index (χ1) is 7.43. The third-order valence-electron chi connectivity index (χ3n) is 2.25. The van der Waals surface area contributed by atoms with Crippen LogP contribution in [0, 0.1) is 0 Å². The van der Waals surface area contributed by atoms with Crippen LogP contribution in [0.25, 0.3) is 10.9 Å². The van der Waals surface area contributed by atoms with E-state index in [9.17, 15) is 8.42 Å². The van der Waals surface area contributed by atoms with Gasteiger partial charge in [0.15, 0.2) is 0 Å². The Kier molecular flexibility index (Phi) is 2.71. The van der Waals surface area contributed by atoms with Crippen LogP contribution in [0.1, 0.15) is 0 Å². The molecule has 4 nitrogen and oxygen atoms in total. The molecule has 0 aliphatic heterocycles. The van der Waals surface area contributed by atoms with Crippen LogP contribution < -0.4 is 4.74 Å². The predicted octanol–water partition coefficient (Wildman–Crippen LogP) is 2.22. The number of hydrogen-bond acceptors (Lipinski definition) is 3. The average molecular weight is 304 g/mol. The van der Waals surface area contributed by atoms with Gasteiger partial charge in [-0.2, -0.15) is 0 Å². The summed E-state index contributed by atoms with van der Waals surface area (Å²) in [6, 6.07) is 7.00. The van der Waals surface area contributed by atoms with Gasteiger partial charge in [-0.15, -0.1) is 0 Å². The number of halogens is 1. The molecular weight excluding hydrogens is 294 g/mol. The highest BCUT2D eigenvalue weighted by molar-refractivity contribution is 9.10. The summed E-state index contributed by atoms with van der Waals surface area (Å²) in [5.74, 6) is 0.700. The van der Waals surface area contributed by atoms with Gasteiger partial charge in [-0.1, -0.05) is 0 Å². The second-order valence-electron chi connectivity index (χ2n) is 3.42. The van der Waals surface area contributed by atoms with Gasteiger partial charge in [-0.3, -0.25) is 0 Å². The lowest BCUT2D eigenvalue weighted by atomic mass is 10.2. The molecule has 2 rings (SSSR count). The van der Waals surface area contributed by atoms with E-state index in [-0.39, 0.29) is 0 Å². The molecule has 0 saturated heterocycles. The van der Waals surface area contributed by atoms with E-state index in [0.29, 0.717) is 15.9 Å². The summed E-state index contributed by atoms with van der Waals surface area (Å²) in [6.07, 6.45) is 1.17. The van der Waals surface area contributed by atoms with Gasteiger partial charge in [-0.25, -0.2) is 12.4 Å². The monoisotopic (exact) mass is 303 g/mol. The van der Waals surface area contributed by atoms with E-state index in [1.54, 1.807) is 31.4 Å². The molecule has 6 heteroatoms. The van der Waals surface area contributed by atoms with E-state index >= 15 is 0 Å². The number of aromatic nitrogens is 1. The third-order valence-corrected chi connectivity index (χ3v) is 4.13. The Morgan fingerprint density at radius 1 is 1.31 bits per heavy atom. The molecule has 0 unspecified atom stereocenters. The van der Waals surface area contributed by atoms with Crippen molar-refractivity contribution < 1.29 is 13.2 Å². The van der Waals surface area contributed by atoms with E-state index in [2.05, 4.69) is 15.9 Å². The summed E-state index contributed by atoms with van der Waals surface area (Å²) >= 11 is 3.23. The molecule has 0 fully saturated rings. The summed E-state index contributed by atoms with van der Waals surface area (Å²) in [4.78, 5) is 0. The zero-order chi connectivity index (χ0) is 11.9. The lowest BCUT2D eigenvalue weighted by molar-refractivity contribution is 0.415. The maximum atomic E-state index is 11.6. The van der Waals surface area contributed by atoms with Crippen LogP contribution in [0.4, 0.5) is 0 Å². The highest BCUT2D eigenvalue weighted by atomic mass is 79.9. The Labute approximate surface area is 102 Å². The number of fused-ring (bicyclic) bond motifs is 1. The fourth-order valence-corrected chi connectivity index (χ4v) is 3.72. The molecule has 0 spiro atoms. The molecule has 1 aromatic heterocycles.